The number of amides is 1. The Morgan fingerprint density at radius 1 is 1.20 bits per heavy atom. The van der Waals surface area contributed by atoms with E-state index in [1.807, 2.05) is 4.90 Å². The lowest BCUT2D eigenvalue weighted by atomic mass is 9.50. The first-order chi connectivity index (χ1) is 14.3. The van der Waals surface area contributed by atoms with Gasteiger partial charge >= 0.3 is 6.18 Å². The van der Waals surface area contributed by atoms with Crippen molar-refractivity contribution >= 4 is 17.7 Å². The fraction of sp³-hybridized carbons (Fsp3) is 0.750. The molecule has 0 aromatic carbocycles. The van der Waals surface area contributed by atoms with Crippen LogP contribution in [-0.4, -0.2) is 70.0 Å². The number of piperidine rings is 1. The number of hydrogen-bond donors (Lipinski definition) is 2. The van der Waals surface area contributed by atoms with Gasteiger partial charge in [0.1, 0.15) is 11.4 Å². The van der Waals surface area contributed by atoms with Crippen LogP contribution in [0.3, 0.4) is 0 Å². The molecule has 3 aliphatic carbocycles. The molecule has 6 fully saturated rings. The van der Waals surface area contributed by atoms with E-state index in [0.717, 1.165) is 57.3 Å². The molecule has 1 amide bonds. The number of aromatic nitrogens is 2. The molecule has 2 N–H and O–H groups in total. The summed E-state index contributed by atoms with van der Waals surface area (Å²) in [5.41, 5.74) is -0.868. The first-order valence-electron chi connectivity index (χ1n) is 10.8. The molecule has 0 unspecified atom stereocenters. The van der Waals surface area contributed by atoms with Crippen LogP contribution in [0.1, 0.15) is 44.1 Å². The Hall–Kier alpha value is -2.10. The second-order valence-corrected chi connectivity index (χ2v) is 9.21. The molecule has 3 saturated carbocycles. The maximum atomic E-state index is 13.4. The third-order valence-corrected chi connectivity index (χ3v) is 7.05. The zero-order valence-electron chi connectivity index (χ0n) is 16.8. The monoisotopic (exact) mass is 424 g/mol. The quantitative estimate of drug-likeness (QED) is 0.656. The molecule has 164 valence electrons. The normalized spacial score (nSPS) is 32.3. The van der Waals surface area contributed by atoms with Gasteiger partial charge in [0.05, 0.1) is 6.54 Å². The van der Waals surface area contributed by atoms with Gasteiger partial charge < -0.3 is 15.5 Å². The zero-order valence-corrected chi connectivity index (χ0v) is 16.8. The van der Waals surface area contributed by atoms with E-state index < -0.39 is 11.7 Å². The molecule has 1 aromatic heterocycles. The van der Waals surface area contributed by atoms with Gasteiger partial charge in [0.25, 0.3) is 0 Å². The highest BCUT2D eigenvalue weighted by molar-refractivity contribution is 5.79. The number of fused-ring (bicyclic) bond motifs is 4. The van der Waals surface area contributed by atoms with E-state index in [0.29, 0.717) is 26.1 Å². The zero-order chi connectivity index (χ0) is 20.9. The van der Waals surface area contributed by atoms with Gasteiger partial charge in [-0.2, -0.15) is 18.2 Å². The second-order valence-electron chi connectivity index (χ2n) is 9.21. The number of rotatable bonds is 7. The number of carbonyl (C=O) groups is 1. The summed E-state index contributed by atoms with van der Waals surface area (Å²) in [6.07, 6.45) is 1.98. The van der Waals surface area contributed by atoms with Crippen molar-refractivity contribution in [2.45, 2.75) is 56.3 Å². The van der Waals surface area contributed by atoms with E-state index in [2.05, 4.69) is 25.5 Å². The first kappa shape index (κ1) is 19.8. The summed E-state index contributed by atoms with van der Waals surface area (Å²) < 4.78 is 40.2. The van der Waals surface area contributed by atoms with Gasteiger partial charge in [-0.15, -0.1) is 0 Å². The summed E-state index contributed by atoms with van der Waals surface area (Å²) in [7, 11) is 0. The van der Waals surface area contributed by atoms with Gasteiger partial charge in [-0.3, -0.25) is 9.69 Å². The summed E-state index contributed by atoms with van der Waals surface area (Å²) in [5, 5.41) is 6.07. The molecule has 7 nitrogen and oxygen atoms in total. The number of nitrogens with zero attached hydrogens (tertiary/aromatic N) is 4. The van der Waals surface area contributed by atoms with Crippen molar-refractivity contribution in [3.63, 3.8) is 0 Å². The van der Waals surface area contributed by atoms with Crippen LogP contribution in [0.2, 0.25) is 0 Å². The van der Waals surface area contributed by atoms with Gasteiger partial charge in [0.15, 0.2) is 0 Å². The fourth-order valence-corrected chi connectivity index (χ4v) is 5.29. The molecular formula is C20H27F3N6O. The van der Waals surface area contributed by atoms with E-state index in [-0.39, 0.29) is 29.3 Å². The SMILES string of the molecule is O=C1CN2CCC(CC2)N1CCCNc1nc(NC23CC(C2)C3)ncc1C(F)(F)F. The summed E-state index contributed by atoms with van der Waals surface area (Å²) in [5.74, 6) is 0.925. The third-order valence-electron chi connectivity index (χ3n) is 7.05. The maximum absolute atomic E-state index is 13.4. The van der Waals surface area contributed by atoms with E-state index >= 15 is 0 Å². The molecule has 3 aliphatic heterocycles. The highest BCUT2D eigenvalue weighted by Gasteiger charge is 2.57. The Morgan fingerprint density at radius 2 is 1.93 bits per heavy atom. The van der Waals surface area contributed by atoms with Crippen LogP contribution in [0, 0.1) is 5.92 Å². The number of carbonyl (C=O) groups excluding carboxylic acids is 1. The molecule has 1 aromatic rings. The fourth-order valence-electron chi connectivity index (χ4n) is 5.29. The van der Waals surface area contributed by atoms with Gasteiger partial charge in [-0.1, -0.05) is 0 Å². The summed E-state index contributed by atoms with van der Waals surface area (Å²) >= 11 is 0. The van der Waals surface area contributed by atoms with Crippen LogP contribution in [0.5, 0.6) is 0 Å². The topological polar surface area (TPSA) is 73.4 Å². The Balaban J connectivity index is 1.21. The van der Waals surface area contributed by atoms with Crippen molar-refractivity contribution < 1.29 is 18.0 Å². The second kappa shape index (κ2) is 7.25. The Morgan fingerprint density at radius 3 is 2.57 bits per heavy atom. The molecule has 30 heavy (non-hydrogen) atoms. The third kappa shape index (κ3) is 3.70. The maximum Gasteiger partial charge on any atom is 0.421 e. The molecule has 6 aliphatic rings. The first-order valence-corrected chi connectivity index (χ1v) is 10.8. The van der Waals surface area contributed by atoms with Gasteiger partial charge in [-0.25, -0.2) is 4.98 Å². The van der Waals surface area contributed by atoms with E-state index in [4.69, 9.17) is 0 Å². The van der Waals surface area contributed by atoms with Gasteiger partial charge in [0.2, 0.25) is 11.9 Å². The molecule has 10 heteroatoms. The minimum Gasteiger partial charge on any atom is -0.369 e. The minimum absolute atomic E-state index is 0.00994. The van der Waals surface area contributed by atoms with E-state index in [9.17, 15) is 18.0 Å². The number of hydrogen-bond acceptors (Lipinski definition) is 6. The van der Waals surface area contributed by atoms with Crippen LogP contribution >= 0.6 is 0 Å². The predicted octanol–water partition coefficient (Wildman–Crippen LogP) is 2.57. The predicted molar refractivity (Wildman–Crippen MR) is 105 cm³/mol. The van der Waals surface area contributed by atoms with Crippen LogP contribution in [0.4, 0.5) is 24.9 Å². The van der Waals surface area contributed by atoms with Crippen LogP contribution in [-0.2, 0) is 11.0 Å². The Bertz CT molecular complexity index is 806. The summed E-state index contributed by atoms with van der Waals surface area (Å²) in [4.78, 5) is 24.6. The van der Waals surface area contributed by atoms with Gasteiger partial charge in [0, 0.05) is 44.0 Å². The van der Waals surface area contributed by atoms with E-state index in [1.165, 1.54) is 0 Å². The van der Waals surface area contributed by atoms with Crippen molar-refractivity contribution in [1.82, 2.24) is 19.8 Å². The summed E-state index contributed by atoms with van der Waals surface area (Å²) in [6, 6.07) is 0.255. The molecular weight excluding hydrogens is 397 g/mol. The Labute approximate surface area is 173 Å². The average molecular weight is 424 g/mol. The van der Waals surface area contributed by atoms with Crippen molar-refractivity contribution in [1.29, 1.82) is 0 Å². The molecule has 4 bridgehead atoms. The molecule has 0 atom stereocenters. The van der Waals surface area contributed by atoms with Crippen molar-refractivity contribution in [2.24, 2.45) is 5.92 Å². The van der Waals surface area contributed by atoms with Crippen LogP contribution in [0.15, 0.2) is 6.20 Å². The molecule has 0 spiro atoms. The lowest BCUT2D eigenvalue weighted by molar-refractivity contribution is -0.137. The standard InChI is InChI=1S/C20H27F3N6O/c21-20(22,23)15-11-25-18(27-19-8-13(9-19)10-19)26-17(15)24-4-1-5-29-14-2-6-28(7-3-14)12-16(29)30/h11,13-14H,1-10,12H2,(H2,24,25,26,27). The number of halogens is 3. The largest absolute Gasteiger partial charge is 0.421 e. The van der Waals surface area contributed by atoms with Crippen molar-refractivity contribution in [3.05, 3.63) is 11.8 Å². The van der Waals surface area contributed by atoms with Crippen LogP contribution in [0.25, 0.3) is 0 Å². The lowest BCUT2D eigenvalue weighted by Gasteiger charge is -2.61. The average Bonchev–Trinajstić information content (AvgIpc) is 2.87. The Kier molecular flexibility index (Phi) is 4.79. The summed E-state index contributed by atoms with van der Waals surface area (Å²) in [6.45, 7) is 3.20. The minimum atomic E-state index is -4.52. The number of anilines is 2. The molecule has 3 saturated heterocycles. The van der Waals surface area contributed by atoms with Gasteiger partial charge in [-0.05, 0) is 44.4 Å². The van der Waals surface area contributed by atoms with Crippen molar-refractivity contribution in [2.75, 3.05) is 43.4 Å². The molecule has 4 heterocycles. The van der Waals surface area contributed by atoms with E-state index in [1.54, 1.807) is 0 Å². The molecule has 0 radical (unpaired) electrons. The van der Waals surface area contributed by atoms with Crippen LogP contribution < -0.4 is 10.6 Å². The lowest BCUT2D eigenvalue weighted by Crippen LogP contribution is -2.63. The smallest absolute Gasteiger partial charge is 0.369 e. The number of nitrogens with one attached hydrogen (secondary N) is 2. The van der Waals surface area contributed by atoms with Crippen molar-refractivity contribution in [3.8, 4) is 0 Å². The highest BCUT2D eigenvalue weighted by atomic mass is 19.4. The highest BCUT2D eigenvalue weighted by Crippen LogP contribution is 2.58. The number of alkyl halides is 3. The molecule has 7 rings (SSSR count).